The third-order valence-electron chi connectivity index (χ3n) is 4.98. The van der Waals surface area contributed by atoms with Crippen molar-refractivity contribution in [2.75, 3.05) is 13.6 Å². The highest BCUT2D eigenvalue weighted by Crippen LogP contribution is 2.41. The number of pyridine rings is 1. The van der Waals surface area contributed by atoms with E-state index in [0.717, 1.165) is 18.7 Å². The van der Waals surface area contributed by atoms with Crippen molar-refractivity contribution in [3.05, 3.63) is 71.1 Å². The predicted molar refractivity (Wildman–Crippen MR) is 97.5 cm³/mol. The summed E-state index contributed by atoms with van der Waals surface area (Å²) >= 11 is 0. The minimum absolute atomic E-state index is 0.329. The molecule has 120 valence electrons. The summed E-state index contributed by atoms with van der Waals surface area (Å²) < 4.78 is 0. The van der Waals surface area contributed by atoms with Crippen LogP contribution in [0.2, 0.25) is 0 Å². The van der Waals surface area contributed by atoms with Crippen LogP contribution in [0.5, 0.6) is 0 Å². The summed E-state index contributed by atoms with van der Waals surface area (Å²) in [6.45, 7) is 7.82. The molecule has 0 saturated heterocycles. The number of hydrogen-bond acceptors (Lipinski definition) is 2. The highest BCUT2D eigenvalue weighted by atomic mass is 15.1. The number of benzene rings is 1. The van der Waals surface area contributed by atoms with Gasteiger partial charge in [-0.15, -0.1) is 0 Å². The van der Waals surface area contributed by atoms with Crippen LogP contribution < -0.4 is 0 Å². The first kappa shape index (κ1) is 15.9. The Morgan fingerprint density at radius 2 is 1.78 bits per heavy atom. The van der Waals surface area contributed by atoms with Crippen molar-refractivity contribution < 1.29 is 0 Å². The van der Waals surface area contributed by atoms with Gasteiger partial charge in [-0.2, -0.15) is 0 Å². The third-order valence-corrected chi connectivity index (χ3v) is 4.98. The van der Waals surface area contributed by atoms with Gasteiger partial charge in [0, 0.05) is 30.4 Å². The van der Waals surface area contributed by atoms with Crippen LogP contribution in [0.4, 0.5) is 0 Å². The number of fused-ring (bicyclic) bond motifs is 1. The van der Waals surface area contributed by atoms with Crippen LogP contribution in [-0.2, 0) is 6.42 Å². The van der Waals surface area contributed by atoms with E-state index in [1.807, 2.05) is 12.3 Å². The Hall–Kier alpha value is -1.93. The first-order valence-corrected chi connectivity index (χ1v) is 8.49. The molecule has 2 heteroatoms. The molecule has 3 rings (SSSR count). The molecule has 0 bridgehead atoms. The highest BCUT2D eigenvalue weighted by Gasteiger charge is 2.27. The van der Waals surface area contributed by atoms with Gasteiger partial charge in [0.1, 0.15) is 0 Å². The van der Waals surface area contributed by atoms with E-state index in [-0.39, 0.29) is 0 Å². The van der Waals surface area contributed by atoms with Crippen molar-refractivity contribution in [1.82, 2.24) is 9.88 Å². The maximum Gasteiger partial charge on any atom is 0.0475 e. The van der Waals surface area contributed by atoms with E-state index in [9.17, 15) is 0 Å². The quantitative estimate of drug-likeness (QED) is 0.806. The second-order valence-electron chi connectivity index (χ2n) is 6.84. The van der Waals surface area contributed by atoms with E-state index in [1.54, 1.807) is 5.57 Å². The lowest BCUT2D eigenvalue weighted by Gasteiger charge is -2.24. The van der Waals surface area contributed by atoms with Crippen LogP contribution in [0, 0.1) is 0 Å². The van der Waals surface area contributed by atoms with Crippen LogP contribution in [0.3, 0.4) is 0 Å². The topological polar surface area (TPSA) is 16.1 Å². The molecule has 0 radical (unpaired) electrons. The Bertz CT molecular complexity index is 701. The van der Waals surface area contributed by atoms with Crippen LogP contribution in [0.25, 0.3) is 5.57 Å². The maximum absolute atomic E-state index is 4.60. The van der Waals surface area contributed by atoms with Gasteiger partial charge in [-0.1, -0.05) is 37.3 Å². The number of rotatable bonds is 5. The van der Waals surface area contributed by atoms with Crippen molar-refractivity contribution in [3.63, 3.8) is 0 Å². The first-order chi connectivity index (χ1) is 11.1. The van der Waals surface area contributed by atoms with E-state index in [4.69, 9.17) is 0 Å². The molecule has 2 aromatic rings. The molecule has 2 nitrogen and oxygen atoms in total. The molecule has 1 atom stereocenters. The molecule has 0 N–H and O–H groups in total. The van der Waals surface area contributed by atoms with Crippen LogP contribution >= 0.6 is 0 Å². The fourth-order valence-corrected chi connectivity index (χ4v) is 3.40. The average Bonchev–Trinajstić information content (AvgIpc) is 2.92. The third kappa shape index (κ3) is 3.23. The zero-order valence-corrected chi connectivity index (χ0v) is 14.6. The normalized spacial score (nSPS) is 15.4. The van der Waals surface area contributed by atoms with Crippen molar-refractivity contribution in [2.24, 2.45) is 0 Å². The Morgan fingerprint density at radius 3 is 2.48 bits per heavy atom. The molecule has 1 unspecified atom stereocenters. The predicted octanol–water partition coefficient (Wildman–Crippen LogP) is 4.54. The summed E-state index contributed by atoms with van der Waals surface area (Å²) in [5.74, 6) is 0.329. The molecular weight excluding hydrogens is 280 g/mol. The maximum atomic E-state index is 4.60. The first-order valence-electron chi connectivity index (χ1n) is 8.49. The monoisotopic (exact) mass is 306 g/mol. The van der Waals surface area contributed by atoms with Gasteiger partial charge in [-0.05, 0) is 61.7 Å². The van der Waals surface area contributed by atoms with E-state index in [2.05, 4.69) is 74.1 Å². The van der Waals surface area contributed by atoms with Crippen molar-refractivity contribution in [3.8, 4) is 0 Å². The SMILES string of the molecule is CC(C1=C(CN(C)C(C)C)Cc2ccccc21)c1ccccn1. The summed E-state index contributed by atoms with van der Waals surface area (Å²) in [6, 6.07) is 15.6. The molecule has 0 spiro atoms. The molecule has 1 aromatic carbocycles. The van der Waals surface area contributed by atoms with Gasteiger partial charge in [-0.25, -0.2) is 0 Å². The second-order valence-corrected chi connectivity index (χ2v) is 6.84. The van der Waals surface area contributed by atoms with Gasteiger partial charge in [0.15, 0.2) is 0 Å². The smallest absolute Gasteiger partial charge is 0.0475 e. The van der Waals surface area contributed by atoms with Gasteiger partial charge in [-0.3, -0.25) is 4.98 Å². The van der Waals surface area contributed by atoms with Gasteiger partial charge < -0.3 is 4.90 Å². The van der Waals surface area contributed by atoms with E-state index in [1.165, 1.54) is 16.7 Å². The summed E-state index contributed by atoms with van der Waals surface area (Å²) in [7, 11) is 2.21. The van der Waals surface area contributed by atoms with E-state index < -0.39 is 0 Å². The van der Waals surface area contributed by atoms with Crippen LogP contribution in [-0.4, -0.2) is 29.5 Å². The number of aromatic nitrogens is 1. The van der Waals surface area contributed by atoms with Gasteiger partial charge >= 0.3 is 0 Å². The molecule has 0 aliphatic heterocycles. The lowest BCUT2D eigenvalue weighted by Crippen LogP contribution is -2.28. The molecule has 1 aliphatic carbocycles. The summed E-state index contributed by atoms with van der Waals surface area (Å²) in [5, 5.41) is 0. The average molecular weight is 306 g/mol. The van der Waals surface area contributed by atoms with Gasteiger partial charge in [0.2, 0.25) is 0 Å². The Kier molecular flexibility index (Phi) is 4.63. The number of hydrogen-bond donors (Lipinski definition) is 0. The molecule has 1 heterocycles. The Balaban J connectivity index is 2.01. The molecule has 1 aromatic heterocycles. The van der Waals surface area contributed by atoms with Gasteiger partial charge in [0.05, 0.1) is 0 Å². The van der Waals surface area contributed by atoms with Crippen molar-refractivity contribution in [1.29, 1.82) is 0 Å². The largest absolute Gasteiger partial charge is 0.300 e. The molecule has 23 heavy (non-hydrogen) atoms. The molecule has 0 amide bonds. The molecule has 1 aliphatic rings. The zero-order valence-electron chi connectivity index (χ0n) is 14.6. The molecule has 0 fully saturated rings. The fourth-order valence-electron chi connectivity index (χ4n) is 3.40. The fraction of sp³-hybridized carbons (Fsp3) is 0.381. The Morgan fingerprint density at radius 1 is 1.04 bits per heavy atom. The summed E-state index contributed by atoms with van der Waals surface area (Å²) in [6.07, 6.45) is 2.97. The van der Waals surface area contributed by atoms with Crippen LogP contribution in [0.15, 0.2) is 54.2 Å². The lowest BCUT2D eigenvalue weighted by molar-refractivity contribution is 0.295. The lowest BCUT2D eigenvalue weighted by atomic mass is 9.90. The summed E-state index contributed by atoms with van der Waals surface area (Å²) in [5.41, 5.74) is 7.05. The summed E-state index contributed by atoms with van der Waals surface area (Å²) in [4.78, 5) is 7.02. The van der Waals surface area contributed by atoms with E-state index >= 15 is 0 Å². The van der Waals surface area contributed by atoms with E-state index in [0.29, 0.717) is 12.0 Å². The standard InChI is InChI=1S/C21H26N2/c1-15(2)23(4)14-18-13-17-9-5-6-10-19(17)21(18)16(3)20-11-7-8-12-22-20/h5-12,15-16H,13-14H2,1-4H3. The molecular formula is C21H26N2. The minimum atomic E-state index is 0.329. The highest BCUT2D eigenvalue weighted by molar-refractivity contribution is 5.80. The number of likely N-dealkylation sites (N-methyl/N-ethyl adjacent to an activating group) is 1. The Labute approximate surface area is 139 Å². The molecule has 0 saturated carbocycles. The second kappa shape index (κ2) is 6.67. The number of allylic oxidation sites excluding steroid dienone is 1. The van der Waals surface area contributed by atoms with Crippen molar-refractivity contribution in [2.45, 2.75) is 39.2 Å². The van der Waals surface area contributed by atoms with Gasteiger partial charge in [0.25, 0.3) is 0 Å². The zero-order chi connectivity index (χ0) is 16.4. The van der Waals surface area contributed by atoms with Crippen molar-refractivity contribution >= 4 is 5.57 Å². The number of nitrogens with zero attached hydrogens (tertiary/aromatic N) is 2. The minimum Gasteiger partial charge on any atom is -0.300 e. The van der Waals surface area contributed by atoms with Crippen LogP contribution in [0.1, 0.15) is 43.5 Å².